The second kappa shape index (κ2) is 7.56. The van der Waals surface area contributed by atoms with Crippen LogP contribution in [0.5, 0.6) is 0 Å². The van der Waals surface area contributed by atoms with Crippen molar-refractivity contribution in [2.45, 2.75) is 39.9 Å². The van der Waals surface area contributed by atoms with Gasteiger partial charge in [-0.15, -0.1) is 11.6 Å². The summed E-state index contributed by atoms with van der Waals surface area (Å²) in [5.74, 6) is 0.520. The first-order valence-corrected chi connectivity index (χ1v) is 6.74. The smallest absolute Gasteiger partial charge is 0.348 e. The molecule has 0 saturated heterocycles. The van der Waals surface area contributed by atoms with Crippen molar-refractivity contribution in [3.63, 3.8) is 0 Å². The molecular weight excluding hydrogens is 204 g/mol. The van der Waals surface area contributed by atoms with Gasteiger partial charge in [-0.05, 0) is 33.4 Å². The van der Waals surface area contributed by atoms with Crippen LogP contribution in [0, 0.1) is 0 Å². The van der Waals surface area contributed by atoms with Gasteiger partial charge in [-0.25, -0.2) is 0 Å². The first kappa shape index (κ1) is 13.2. The molecule has 0 aliphatic carbocycles. The Labute approximate surface area is 87.7 Å². The summed E-state index contributed by atoms with van der Waals surface area (Å²) in [5, 5.41) is 0. The molecule has 0 atom stereocenters. The van der Waals surface area contributed by atoms with E-state index in [0.29, 0.717) is 5.88 Å². The van der Waals surface area contributed by atoms with Crippen LogP contribution in [0.3, 0.4) is 0 Å². The Morgan fingerprint density at radius 3 is 1.92 bits per heavy atom. The largest absolute Gasteiger partial charge is 0.391 e. The SMILES string of the molecule is CC(C)O[SiH](C=CCCl)OC(C)C. The van der Waals surface area contributed by atoms with Crippen molar-refractivity contribution in [2.24, 2.45) is 0 Å². The maximum atomic E-state index is 5.63. The monoisotopic (exact) mass is 222 g/mol. The fraction of sp³-hybridized carbons (Fsp3) is 0.778. The van der Waals surface area contributed by atoms with E-state index in [1.807, 2.05) is 39.5 Å². The summed E-state index contributed by atoms with van der Waals surface area (Å²) in [6.45, 7) is 8.05. The van der Waals surface area contributed by atoms with Crippen LogP contribution in [0.2, 0.25) is 0 Å². The van der Waals surface area contributed by atoms with Crippen molar-refractivity contribution in [2.75, 3.05) is 5.88 Å². The topological polar surface area (TPSA) is 18.5 Å². The van der Waals surface area contributed by atoms with Crippen molar-refractivity contribution < 1.29 is 8.85 Å². The highest BCUT2D eigenvalue weighted by Crippen LogP contribution is 2.01. The average molecular weight is 223 g/mol. The van der Waals surface area contributed by atoms with Crippen LogP contribution in [0.25, 0.3) is 0 Å². The Morgan fingerprint density at radius 2 is 1.62 bits per heavy atom. The van der Waals surface area contributed by atoms with Gasteiger partial charge in [-0.3, -0.25) is 0 Å². The lowest BCUT2D eigenvalue weighted by atomic mass is 10.5. The molecule has 0 aliphatic heterocycles. The van der Waals surface area contributed by atoms with Crippen LogP contribution in [0.4, 0.5) is 0 Å². The lowest BCUT2D eigenvalue weighted by Gasteiger charge is -2.18. The molecule has 0 fully saturated rings. The van der Waals surface area contributed by atoms with Gasteiger partial charge >= 0.3 is 9.28 Å². The minimum absolute atomic E-state index is 0.218. The molecule has 4 heteroatoms. The summed E-state index contributed by atoms with van der Waals surface area (Å²) in [6.07, 6.45) is 2.33. The van der Waals surface area contributed by atoms with E-state index in [1.54, 1.807) is 0 Å². The third-order valence-corrected chi connectivity index (χ3v) is 3.58. The fourth-order valence-electron chi connectivity index (χ4n) is 0.822. The van der Waals surface area contributed by atoms with Gasteiger partial charge < -0.3 is 8.85 Å². The molecule has 0 aromatic heterocycles. The molecule has 0 aromatic carbocycles. The van der Waals surface area contributed by atoms with E-state index in [1.165, 1.54) is 0 Å². The van der Waals surface area contributed by atoms with Crippen LogP contribution in [0.1, 0.15) is 27.7 Å². The van der Waals surface area contributed by atoms with E-state index in [2.05, 4.69) is 0 Å². The van der Waals surface area contributed by atoms with Gasteiger partial charge in [0.05, 0.1) is 0 Å². The van der Waals surface area contributed by atoms with E-state index in [0.717, 1.165) is 0 Å². The molecule has 13 heavy (non-hydrogen) atoms. The molecule has 2 nitrogen and oxygen atoms in total. The lowest BCUT2D eigenvalue weighted by molar-refractivity contribution is 0.138. The van der Waals surface area contributed by atoms with Gasteiger partial charge in [0.25, 0.3) is 0 Å². The Kier molecular flexibility index (Phi) is 7.66. The van der Waals surface area contributed by atoms with Crippen LogP contribution in [-0.2, 0) is 8.85 Å². The van der Waals surface area contributed by atoms with Gasteiger partial charge in [0.2, 0.25) is 0 Å². The van der Waals surface area contributed by atoms with Crippen LogP contribution >= 0.6 is 11.6 Å². The molecule has 0 N–H and O–H groups in total. The highest BCUT2D eigenvalue weighted by Gasteiger charge is 2.12. The third kappa shape index (κ3) is 8.50. The molecule has 0 saturated carbocycles. The molecule has 0 unspecified atom stereocenters. The van der Waals surface area contributed by atoms with Crippen LogP contribution < -0.4 is 0 Å². The van der Waals surface area contributed by atoms with Gasteiger partial charge in [-0.2, -0.15) is 0 Å². The first-order chi connectivity index (χ1) is 6.06. The van der Waals surface area contributed by atoms with Crippen molar-refractivity contribution in [1.29, 1.82) is 0 Å². The molecule has 0 aromatic rings. The summed E-state index contributed by atoms with van der Waals surface area (Å²) in [4.78, 5) is 0. The highest BCUT2D eigenvalue weighted by molar-refractivity contribution is 6.50. The Morgan fingerprint density at radius 1 is 1.15 bits per heavy atom. The van der Waals surface area contributed by atoms with E-state index in [4.69, 9.17) is 20.5 Å². The van der Waals surface area contributed by atoms with Gasteiger partial charge in [0, 0.05) is 18.1 Å². The number of hydrogen-bond donors (Lipinski definition) is 0. The second-order valence-corrected chi connectivity index (χ2v) is 5.30. The van der Waals surface area contributed by atoms with Gasteiger partial charge in [0.1, 0.15) is 0 Å². The summed E-state index contributed by atoms with van der Waals surface area (Å²) >= 11 is 5.54. The van der Waals surface area contributed by atoms with Crippen LogP contribution in [0.15, 0.2) is 11.8 Å². The molecule has 0 radical (unpaired) electrons. The molecule has 78 valence electrons. The molecule has 0 bridgehead atoms. The van der Waals surface area contributed by atoms with E-state index in [9.17, 15) is 0 Å². The van der Waals surface area contributed by atoms with Crippen molar-refractivity contribution in [3.8, 4) is 0 Å². The minimum Gasteiger partial charge on any atom is -0.391 e. The Bertz CT molecular complexity index is 139. The number of hydrogen-bond acceptors (Lipinski definition) is 2. The second-order valence-electron chi connectivity index (χ2n) is 3.32. The summed E-state index contributed by atoms with van der Waals surface area (Å²) in [5.41, 5.74) is 1.98. The van der Waals surface area contributed by atoms with E-state index >= 15 is 0 Å². The maximum absolute atomic E-state index is 5.63. The summed E-state index contributed by atoms with van der Waals surface area (Å²) < 4.78 is 11.3. The molecule has 0 aliphatic rings. The number of rotatable bonds is 6. The fourth-order valence-corrected chi connectivity index (χ4v) is 2.77. The minimum atomic E-state index is -1.63. The Balaban J connectivity index is 3.95. The maximum Gasteiger partial charge on any atom is 0.348 e. The molecule has 0 spiro atoms. The highest BCUT2D eigenvalue weighted by atomic mass is 35.5. The average Bonchev–Trinajstić information content (AvgIpc) is 1.98. The first-order valence-electron chi connectivity index (χ1n) is 4.59. The zero-order valence-corrected chi connectivity index (χ0v) is 10.7. The summed E-state index contributed by atoms with van der Waals surface area (Å²) in [6, 6.07) is 0. The number of halogens is 1. The predicted molar refractivity (Wildman–Crippen MR) is 59.5 cm³/mol. The molecule has 0 amide bonds. The third-order valence-electron chi connectivity index (χ3n) is 1.19. The zero-order valence-electron chi connectivity index (χ0n) is 8.79. The van der Waals surface area contributed by atoms with Gasteiger partial charge in [0.15, 0.2) is 0 Å². The molecular formula is C9H19ClO2Si. The van der Waals surface area contributed by atoms with Crippen molar-refractivity contribution in [3.05, 3.63) is 11.8 Å². The lowest BCUT2D eigenvalue weighted by Crippen LogP contribution is -2.27. The summed E-state index contributed by atoms with van der Waals surface area (Å²) in [7, 11) is -1.63. The van der Waals surface area contributed by atoms with Gasteiger partial charge in [-0.1, -0.05) is 6.08 Å². The van der Waals surface area contributed by atoms with Crippen LogP contribution in [-0.4, -0.2) is 27.4 Å². The van der Waals surface area contributed by atoms with E-state index in [-0.39, 0.29) is 12.2 Å². The predicted octanol–water partition coefficient (Wildman–Crippen LogP) is 2.39. The molecule has 0 heterocycles. The van der Waals surface area contributed by atoms with Crippen molar-refractivity contribution >= 4 is 20.9 Å². The number of allylic oxidation sites excluding steroid dienone is 1. The standard InChI is InChI=1S/C9H19ClO2Si/c1-8(2)11-13(7-5-6-10)12-9(3)4/h5,7-9,13H,6H2,1-4H3. The zero-order chi connectivity index (χ0) is 10.3. The quantitative estimate of drug-likeness (QED) is 0.508. The number of alkyl halides is 1. The van der Waals surface area contributed by atoms with Crippen molar-refractivity contribution in [1.82, 2.24) is 0 Å². The Hall–Kier alpha value is 0.167. The van der Waals surface area contributed by atoms with E-state index < -0.39 is 9.28 Å². The molecule has 0 rings (SSSR count). The normalized spacial score (nSPS) is 12.6.